The summed E-state index contributed by atoms with van der Waals surface area (Å²) in [6, 6.07) is 6.76. The lowest BCUT2D eigenvalue weighted by atomic mass is 9.91. The fourth-order valence-corrected chi connectivity index (χ4v) is 5.10. The summed E-state index contributed by atoms with van der Waals surface area (Å²) in [5.41, 5.74) is 2.81. The van der Waals surface area contributed by atoms with Gasteiger partial charge in [0.05, 0.1) is 18.8 Å². The Labute approximate surface area is 207 Å². The molecular formula is C26H35NO7S. The molecule has 0 aliphatic rings. The Morgan fingerprint density at radius 3 is 2.49 bits per heavy atom. The highest BCUT2D eigenvalue weighted by Crippen LogP contribution is 2.46. The molecule has 0 aliphatic carbocycles. The topological polar surface area (TPSA) is 122 Å². The number of rotatable bonds is 13. The first-order valence-corrected chi connectivity index (χ1v) is 13.0. The first kappa shape index (κ1) is 28.4. The number of unbranched alkanes of at least 4 members (excludes halogenated alkanes) is 2. The summed E-state index contributed by atoms with van der Waals surface area (Å²) in [6.07, 6.45) is 2.68. The van der Waals surface area contributed by atoms with Crippen LogP contribution in [0.25, 0.3) is 16.7 Å². The van der Waals surface area contributed by atoms with E-state index in [1.807, 2.05) is 24.6 Å². The minimum Gasteiger partial charge on any atom is -0.507 e. The van der Waals surface area contributed by atoms with Crippen molar-refractivity contribution in [3.8, 4) is 22.6 Å². The first-order valence-electron chi connectivity index (χ1n) is 11.5. The van der Waals surface area contributed by atoms with E-state index in [-0.39, 0.29) is 30.1 Å². The van der Waals surface area contributed by atoms with Gasteiger partial charge in [-0.3, -0.25) is 4.79 Å². The summed E-state index contributed by atoms with van der Waals surface area (Å²) in [5.74, 6) is -1.76. The number of carbonyl (C=O) groups is 1. The predicted molar refractivity (Wildman–Crippen MR) is 136 cm³/mol. The van der Waals surface area contributed by atoms with Crippen LogP contribution in [-0.2, 0) is 30.7 Å². The maximum atomic E-state index is 13.3. The average Bonchev–Trinajstić information content (AvgIpc) is 2.76. The Morgan fingerprint density at radius 2 is 1.86 bits per heavy atom. The number of phenols is 2. The van der Waals surface area contributed by atoms with Gasteiger partial charge in [-0.15, -0.1) is 0 Å². The molecule has 3 N–H and O–H groups in total. The lowest BCUT2D eigenvalue weighted by Gasteiger charge is -2.19. The monoisotopic (exact) mass is 505 g/mol. The van der Waals surface area contributed by atoms with Crippen molar-refractivity contribution in [1.29, 1.82) is 0 Å². The van der Waals surface area contributed by atoms with E-state index in [4.69, 9.17) is 9.47 Å². The zero-order valence-electron chi connectivity index (χ0n) is 20.8. The Morgan fingerprint density at radius 1 is 1.14 bits per heavy atom. The van der Waals surface area contributed by atoms with Crippen molar-refractivity contribution in [2.45, 2.75) is 51.3 Å². The van der Waals surface area contributed by atoms with Gasteiger partial charge in [-0.2, -0.15) is 0 Å². The molecule has 2 aromatic rings. The Kier molecular flexibility index (Phi) is 10.3. The van der Waals surface area contributed by atoms with Crippen LogP contribution < -0.4 is 4.72 Å². The minimum atomic E-state index is -4.49. The second-order valence-corrected chi connectivity index (χ2v) is 10.1. The lowest BCUT2D eigenvalue weighted by molar-refractivity contribution is -0.124. The zero-order chi connectivity index (χ0) is 26.2. The van der Waals surface area contributed by atoms with E-state index in [1.165, 1.54) is 13.2 Å². The van der Waals surface area contributed by atoms with Crippen LogP contribution in [0.5, 0.6) is 11.5 Å². The van der Waals surface area contributed by atoms with Crippen LogP contribution >= 0.6 is 0 Å². The summed E-state index contributed by atoms with van der Waals surface area (Å²) < 4.78 is 38.6. The SMILES string of the molecule is C=C(C)c1ccc(C)cc1-c1c(O)cc(CCCCC)c(S(=O)(=O)NC(=O)COCCOC)c1O. The maximum absolute atomic E-state index is 13.3. The van der Waals surface area contributed by atoms with Gasteiger partial charge in [-0.25, -0.2) is 13.1 Å². The third-order valence-corrected chi connectivity index (χ3v) is 6.94. The number of ether oxygens (including phenoxy) is 2. The molecule has 2 rings (SSSR count). The Hall–Kier alpha value is -2.88. The molecule has 0 saturated carbocycles. The maximum Gasteiger partial charge on any atom is 0.268 e. The summed E-state index contributed by atoms with van der Waals surface area (Å²) in [7, 11) is -3.01. The molecule has 8 nitrogen and oxygen atoms in total. The largest absolute Gasteiger partial charge is 0.507 e. The van der Waals surface area contributed by atoms with E-state index in [2.05, 4.69) is 6.58 Å². The molecular weight excluding hydrogens is 470 g/mol. The average molecular weight is 506 g/mol. The van der Waals surface area contributed by atoms with Gasteiger partial charge < -0.3 is 19.7 Å². The number of carbonyl (C=O) groups excluding carboxylic acids is 1. The molecule has 0 saturated heterocycles. The van der Waals surface area contributed by atoms with Gasteiger partial charge in [0.15, 0.2) is 0 Å². The zero-order valence-corrected chi connectivity index (χ0v) is 21.6. The second kappa shape index (κ2) is 12.7. The molecule has 0 unspecified atom stereocenters. The number of benzene rings is 2. The highest BCUT2D eigenvalue weighted by molar-refractivity contribution is 7.90. The van der Waals surface area contributed by atoms with Crippen LogP contribution in [0.15, 0.2) is 35.7 Å². The molecule has 0 spiro atoms. The first-order chi connectivity index (χ1) is 16.5. The lowest BCUT2D eigenvalue weighted by Crippen LogP contribution is -2.34. The smallest absolute Gasteiger partial charge is 0.268 e. The van der Waals surface area contributed by atoms with Crippen molar-refractivity contribution in [3.05, 3.63) is 47.5 Å². The van der Waals surface area contributed by atoms with Crippen molar-refractivity contribution >= 4 is 21.5 Å². The van der Waals surface area contributed by atoms with Gasteiger partial charge in [-0.1, -0.05) is 55.7 Å². The van der Waals surface area contributed by atoms with Crippen LogP contribution in [0.4, 0.5) is 0 Å². The molecule has 0 fully saturated rings. The van der Waals surface area contributed by atoms with E-state index in [1.54, 1.807) is 19.1 Å². The minimum absolute atomic E-state index is 0.0323. The van der Waals surface area contributed by atoms with Crippen LogP contribution in [0.3, 0.4) is 0 Å². The predicted octanol–water partition coefficient (Wildman–Crippen LogP) is 4.31. The number of amides is 1. The fourth-order valence-electron chi connectivity index (χ4n) is 3.78. The third kappa shape index (κ3) is 7.30. The van der Waals surface area contributed by atoms with Gasteiger partial charge >= 0.3 is 0 Å². The van der Waals surface area contributed by atoms with Gasteiger partial charge in [-0.05, 0) is 49.4 Å². The van der Waals surface area contributed by atoms with E-state index in [0.717, 1.165) is 18.4 Å². The van der Waals surface area contributed by atoms with Crippen LogP contribution in [0.1, 0.15) is 49.8 Å². The summed E-state index contributed by atoms with van der Waals surface area (Å²) in [5, 5.41) is 22.2. The molecule has 35 heavy (non-hydrogen) atoms. The van der Waals surface area contributed by atoms with Crippen molar-refractivity contribution in [2.75, 3.05) is 26.9 Å². The molecule has 0 aliphatic heterocycles. The summed E-state index contributed by atoms with van der Waals surface area (Å²) in [4.78, 5) is 11.9. The standard InChI is InChI=1S/C26H35NO7S/c1-6-7-8-9-19-15-22(28)24(21-14-18(4)10-11-20(21)17(2)3)25(30)26(19)35(31,32)27-23(29)16-34-13-12-33-5/h10-11,14-15,28,30H,2,6-9,12-13,16H2,1,3-5H3,(H,27,29). The van der Waals surface area contributed by atoms with Crippen molar-refractivity contribution < 1.29 is 32.9 Å². The number of aromatic hydroxyl groups is 2. The molecule has 0 heterocycles. The number of aryl methyl sites for hydroxylation is 2. The molecule has 0 bridgehead atoms. The molecule has 9 heteroatoms. The molecule has 0 aromatic heterocycles. The molecule has 1 amide bonds. The number of allylic oxidation sites excluding steroid dienone is 1. The van der Waals surface area contributed by atoms with E-state index >= 15 is 0 Å². The van der Waals surface area contributed by atoms with Gasteiger partial charge in [0.2, 0.25) is 0 Å². The third-order valence-electron chi connectivity index (χ3n) is 5.45. The number of methoxy groups -OCH3 is 1. The van der Waals surface area contributed by atoms with Crippen molar-refractivity contribution in [2.24, 2.45) is 0 Å². The van der Waals surface area contributed by atoms with Crippen LogP contribution in [0.2, 0.25) is 0 Å². The van der Waals surface area contributed by atoms with Crippen molar-refractivity contribution in [3.63, 3.8) is 0 Å². The Bertz CT molecular complexity index is 1170. The van der Waals surface area contributed by atoms with E-state index in [9.17, 15) is 23.4 Å². The number of nitrogens with one attached hydrogen (secondary N) is 1. The normalized spacial score (nSPS) is 11.4. The Balaban J connectivity index is 2.63. The van der Waals surface area contributed by atoms with Crippen LogP contribution in [0, 0.1) is 6.92 Å². The van der Waals surface area contributed by atoms with E-state index in [0.29, 0.717) is 29.5 Å². The van der Waals surface area contributed by atoms with Gasteiger partial charge in [0, 0.05) is 7.11 Å². The van der Waals surface area contributed by atoms with Gasteiger partial charge in [0.1, 0.15) is 23.0 Å². The quantitative estimate of drug-likeness (QED) is 0.347. The summed E-state index contributed by atoms with van der Waals surface area (Å²) in [6.45, 7) is 9.49. The second-order valence-electron chi connectivity index (χ2n) is 8.47. The molecule has 0 atom stereocenters. The highest BCUT2D eigenvalue weighted by Gasteiger charge is 2.30. The molecule has 2 aromatic carbocycles. The van der Waals surface area contributed by atoms with Crippen molar-refractivity contribution in [1.82, 2.24) is 4.72 Å². The van der Waals surface area contributed by atoms with Gasteiger partial charge in [0.25, 0.3) is 15.9 Å². The molecule has 0 radical (unpaired) electrons. The summed E-state index contributed by atoms with van der Waals surface area (Å²) >= 11 is 0. The number of hydrogen-bond acceptors (Lipinski definition) is 7. The fraction of sp³-hybridized carbons (Fsp3) is 0.423. The van der Waals surface area contributed by atoms with E-state index < -0.39 is 33.2 Å². The van der Waals surface area contributed by atoms with Crippen LogP contribution in [-0.4, -0.2) is 51.5 Å². The number of phenolic OH excluding ortho intramolecular Hbond substituents is 2. The molecule has 192 valence electrons. The highest BCUT2D eigenvalue weighted by atomic mass is 32.2. The number of sulfonamides is 1. The number of hydrogen-bond donors (Lipinski definition) is 3.